The fourth-order valence-corrected chi connectivity index (χ4v) is 8.80. The summed E-state index contributed by atoms with van der Waals surface area (Å²) in [6, 6.07) is -1.06. The number of carbonyl (C=O) groups excluding carboxylic acids is 2. The van der Waals surface area contributed by atoms with Gasteiger partial charge in [0.25, 0.3) is 0 Å². The van der Waals surface area contributed by atoms with Crippen LogP contribution in [0.15, 0.2) is 146 Å². The van der Waals surface area contributed by atoms with Crippen LogP contribution >= 0.6 is 0 Å². The Balaban J connectivity index is 2.75. The van der Waals surface area contributed by atoms with E-state index in [1.165, 1.54) is 51.4 Å². The van der Waals surface area contributed by atoms with Crippen molar-refractivity contribution in [2.24, 2.45) is 0 Å². The van der Waals surface area contributed by atoms with Gasteiger partial charge in [0, 0.05) is 6.42 Å². The molecule has 8 unspecified atom stereocenters. The fraction of sp³-hybridized carbons (Fsp3) is 0.629. The van der Waals surface area contributed by atoms with Gasteiger partial charge in [-0.25, -0.2) is 0 Å². The highest BCUT2D eigenvalue weighted by atomic mass is 16.7. The van der Waals surface area contributed by atoms with Crippen molar-refractivity contribution in [2.75, 3.05) is 13.2 Å². The lowest BCUT2D eigenvalue weighted by molar-refractivity contribution is -0.305. The number of hydrogen-bond donors (Lipinski definition) is 6. The third kappa shape index (κ3) is 43.8. The van der Waals surface area contributed by atoms with E-state index in [1.807, 2.05) is 6.08 Å². The molecule has 1 rings (SSSR count). The standard InChI is InChI=1S/C70H113NO10/c1-4-7-10-13-16-19-22-25-27-29-31-32-33-35-37-40-43-46-49-52-55-58-65(75)81-68-67(77)66(76)64(59-72)80-70(68)79-60-61(62(73)56-53-50-47-44-41-38-24-21-18-15-12-9-6-3)71-69(78)63(74)57-54-51-48-45-42-39-36-34-30-28-26-23-20-17-14-11-8-5-2/h7-8,10-11,16-17,19-20,25-28,31-32,34-37,42-43,45-46,53,56,61-64,66-68,70,72-74,76-77H,4-6,9,12-15,18,21-24,29-30,33,38-41,44,47-52,54-55,57-60H2,1-3H3,(H,71,78)/b10-7-,11-8-,19-16-,20-17-,27-25-,28-26-,32-31-,36-34-,37-35-,45-42-,46-43-,56-53+. The van der Waals surface area contributed by atoms with E-state index >= 15 is 0 Å². The minimum absolute atomic E-state index is 0.0552. The Morgan fingerprint density at radius 2 is 0.889 bits per heavy atom. The second kappa shape index (κ2) is 56.0. The number of allylic oxidation sites excluding steroid dienone is 23. The molecule has 0 aromatic carbocycles. The molecule has 81 heavy (non-hydrogen) atoms. The quantitative estimate of drug-likeness (QED) is 0.0195. The van der Waals surface area contributed by atoms with Crippen LogP contribution < -0.4 is 5.32 Å². The zero-order valence-corrected chi connectivity index (χ0v) is 50.6. The van der Waals surface area contributed by atoms with Crippen molar-refractivity contribution in [3.63, 3.8) is 0 Å². The number of aliphatic hydroxyl groups is 5. The Morgan fingerprint density at radius 1 is 0.494 bits per heavy atom. The van der Waals surface area contributed by atoms with Crippen LogP contribution in [0.5, 0.6) is 0 Å². The molecule has 458 valence electrons. The van der Waals surface area contributed by atoms with Crippen molar-refractivity contribution in [3.8, 4) is 0 Å². The van der Waals surface area contributed by atoms with Crippen LogP contribution in [0.4, 0.5) is 0 Å². The van der Waals surface area contributed by atoms with E-state index in [0.717, 1.165) is 122 Å². The smallest absolute Gasteiger partial charge is 0.306 e. The number of hydrogen-bond acceptors (Lipinski definition) is 10. The second-order valence-corrected chi connectivity index (χ2v) is 21.0. The summed E-state index contributed by atoms with van der Waals surface area (Å²) < 4.78 is 17.6. The molecule has 11 nitrogen and oxygen atoms in total. The first-order valence-corrected chi connectivity index (χ1v) is 31.6. The fourth-order valence-electron chi connectivity index (χ4n) is 8.80. The Kier molecular flexibility index (Phi) is 51.6. The molecule has 6 N–H and O–H groups in total. The zero-order valence-electron chi connectivity index (χ0n) is 50.6. The molecule has 0 aromatic rings. The molecule has 0 saturated carbocycles. The summed E-state index contributed by atoms with van der Waals surface area (Å²) in [6.45, 7) is 5.50. The number of amides is 1. The molecule has 1 fully saturated rings. The molecule has 1 amide bonds. The Labute approximate surface area is 492 Å². The van der Waals surface area contributed by atoms with Gasteiger partial charge in [0.05, 0.1) is 25.4 Å². The van der Waals surface area contributed by atoms with E-state index in [-0.39, 0.29) is 19.4 Å². The third-order valence-electron chi connectivity index (χ3n) is 13.7. The van der Waals surface area contributed by atoms with E-state index in [1.54, 1.807) is 6.08 Å². The summed E-state index contributed by atoms with van der Waals surface area (Å²) >= 11 is 0. The predicted octanol–water partition coefficient (Wildman–Crippen LogP) is 15.4. The molecule has 1 aliphatic heterocycles. The SMILES string of the molecule is CC/C=C\C/C=C\C/C=C\C/C=C\C/C=C\C/C=C\CCCCC(=O)OC1C(OCC(NC(=O)C(O)CCCC/C=C\C/C=C\C/C=C\C/C=C\C/C=C\CC)C(O)/C=C/CCCCCCCCCCCCC)OC(CO)C(O)C1O. The highest BCUT2D eigenvalue weighted by molar-refractivity contribution is 5.80. The highest BCUT2D eigenvalue weighted by Crippen LogP contribution is 2.26. The van der Waals surface area contributed by atoms with Crippen LogP contribution in [0.2, 0.25) is 0 Å². The molecule has 0 radical (unpaired) electrons. The molecule has 0 aromatic heterocycles. The molecular formula is C70H113NO10. The first-order chi connectivity index (χ1) is 39.7. The van der Waals surface area contributed by atoms with Crippen LogP contribution in [0, 0.1) is 0 Å². The minimum atomic E-state index is -1.65. The van der Waals surface area contributed by atoms with Gasteiger partial charge >= 0.3 is 5.97 Å². The lowest BCUT2D eigenvalue weighted by Gasteiger charge is -2.41. The zero-order chi connectivity index (χ0) is 58.9. The summed E-state index contributed by atoms with van der Waals surface area (Å²) in [7, 11) is 0. The number of aliphatic hydroxyl groups excluding tert-OH is 5. The molecule has 11 heteroatoms. The number of carbonyl (C=O) groups is 2. The van der Waals surface area contributed by atoms with Gasteiger partial charge in [0.15, 0.2) is 12.4 Å². The third-order valence-corrected chi connectivity index (χ3v) is 13.7. The lowest BCUT2D eigenvalue weighted by atomic mass is 9.99. The largest absolute Gasteiger partial charge is 0.454 e. The lowest BCUT2D eigenvalue weighted by Crippen LogP contribution is -2.61. The highest BCUT2D eigenvalue weighted by Gasteiger charge is 2.47. The van der Waals surface area contributed by atoms with Gasteiger partial charge in [-0.2, -0.15) is 0 Å². The predicted molar refractivity (Wildman–Crippen MR) is 337 cm³/mol. The number of ether oxygens (including phenoxy) is 3. The minimum Gasteiger partial charge on any atom is -0.454 e. The van der Waals surface area contributed by atoms with Gasteiger partial charge in [-0.05, 0) is 122 Å². The van der Waals surface area contributed by atoms with Crippen LogP contribution in [-0.2, 0) is 23.8 Å². The van der Waals surface area contributed by atoms with Crippen molar-refractivity contribution in [1.82, 2.24) is 5.32 Å². The molecule has 1 aliphatic rings. The average Bonchev–Trinajstić information content (AvgIpc) is 3.53. The van der Waals surface area contributed by atoms with Crippen molar-refractivity contribution in [1.29, 1.82) is 0 Å². The summed E-state index contributed by atoms with van der Waals surface area (Å²) in [5, 5.41) is 57.0. The molecule has 1 saturated heterocycles. The maximum absolute atomic E-state index is 13.4. The molecule has 0 spiro atoms. The van der Waals surface area contributed by atoms with Gasteiger partial charge in [0.1, 0.15) is 24.4 Å². The normalized spacial score (nSPS) is 19.7. The molecule has 0 aliphatic carbocycles. The summed E-state index contributed by atoms with van der Waals surface area (Å²) in [4.78, 5) is 26.6. The Bertz CT molecular complexity index is 1870. The number of unbranched alkanes of at least 4 members (excludes halogenated alkanes) is 15. The van der Waals surface area contributed by atoms with Gasteiger partial charge in [0.2, 0.25) is 5.91 Å². The molecular weight excluding hydrogens is 1010 g/mol. The maximum atomic E-state index is 13.4. The first kappa shape index (κ1) is 74.6. The van der Waals surface area contributed by atoms with Crippen LogP contribution in [-0.4, -0.2) is 99.6 Å². The van der Waals surface area contributed by atoms with E-state index in [2.05, 4.69) is 160 Å². The van der Waals surface area contributed by atoms with Crippen molar-refractivity contribution < 1.29 is 49.3 Å². The van der Waals surface area contributed by atoms with Crippen LogP contribution in [0.25, 0.3) is 0 Å². The maximum Gasteiger partial charge on any atom is 0.306 e. The second-order valence-electron chi connectivity index (χ2n) is 21.0. The molecule has 0 bridgehead atoms. The topological polar surface area (TPSA) is 175 Å². The number of esters is 1. The Morgan fingerprint density at radius 3 is 1.33 bits per heavy atom. The van der Waals surface area contributed by atoms with Crippen LogP contribution in [0.3, 0.4) is 0 Å². The van der Waals surface area contributed by atoms with Crippen molar-refractivity contribution in [2.45, 2.75) is 269 Å². The summed E-state index contributed by atoms with van der Waals surface area (Å²) in [5.41, 5.74) is 0. The van der Waals surface area contributed by atoms with Gasteiger partial charge in [-0.3, -0.25) is 9.59 Å². The van der Waals surface area contributed by atoms with Crippen LogP contribution in [0.1, 0.15) is 220 Å². The van der Waals surface area contributed by atoms with E-state index in [0.29, 0.717) is 12.8 Å². The number of nitrogens with one attached hydrogen (secondary N) is 1. The van der Waals surface area contributed by atoms with Gasteiger partial charge < -0.3 is 45.1 Å². The van der Waals surface area contributed by atoms with Gasteiger partial charge in [-0.1, -0.05) is 237 Å². The van der Waals surface area contributed by atoms with Crippen molar-refractivity contribution in [3.05, 3.63) is 146 Å². The average molecular weight is 1130 g/mol. The van der Waals surface area contributed by atoms with E-state index < -0.39 is 67.4 Å². The number of rotatable bonds is 51. The monoisotopic (exact) mass is 1130 g/mol. The van der Waals surface area contributed by atoms with E-state index in [9.17, 15) is 35.1 Å². The molecule has 8 atom stereocenters. The van der Waals surface area contributed by atoms with E-state index in [4.69, 9.17) is 14.2 Å². The van der Waals surface area contributed by atoms with Gasteiger partial charge in [-0.15, -0.1) is 0 Å². The van der Waals surface area contributed by atoms with Crippen molar-refractivity contribution >= 4 is 11.9 Å². The summed E-state index contributed by atoms with van der Waals surface area (Å²) in [6.07, 6.45) is 70.2. The molecule has 1 heterocycles. The Hall–Kier alpha value is -4.46. The first-order valence-electron chi connectivity index (χ1n) is 31.6. The summed E-state index contributed by atoms with van der Waals surface area (Å²) in [5.74, 6) is -1.29.